The number of para-hydroxylation sites is 5. The van der Waals surface area contributed by atoms with Crippen LogP contribution in [0.1, 0.15) is 0 Å². The van der Waals surface area contributed by atoms with Gasteiger partial charge in [-0.3, -0.25) is 0 Å². The van der Waals surface area contributed by atoms with E-state index < -0.39 is 0 Å². The van der Waals surface area contributed by atoms with Gasteiger partial charge in [-0.1, -0.05) is 121 Å². The summed E-state index contributed by atoms with van der Waals surface area (Å²) in [5.74, 6) is 0. The fourth-order valence-electron chi connectivity index (χ4n) is 8.35. The van der Waals surface area contributed by atoms with E-state index in [0.717, 1.165) is 16.7 Å². The summed E-state index contributed by atoms with van der Waals surface area (Å²) >= 11 is 0. The zero-order valence-electron chi connectivity index (χ0n) is 27.7. The summed E-state index contributed by atoms with van der Waals surface area (Å²) < 4.78 is 4.83. The Bertz CT molecular complexity index is 3120. The topological polar surface area (TPSA) is 25.6 Å². The normalized spacial score (nSPS) is 11.9. The van der Waals surface area contributed by atoms with Crippen molar-refractivity contribution in [1.82, 2.24) is 14.1 Å². The molecule has 0 bridgehead atoms. The van der Waals surface area contributed by atoms with Gasteiger partial charge in [0.05, 0.1) is 22.1 Å². The minimum atomic E-state index is 1.15. The number of hydrogen-bond donors (Lipinski definition) is 1. The van der Waals surface area contributed by atoms with Crippen LogP contribution >= 0.6 is 0 Å². The molecule has 0 fully saturated rings. The molecule has 51 heavy (non-hydrogen) atoms. The van der Waals surface area contributed by atoms with Crippen LogP contribution in [0.25, 0.3) is 99.0 Å². The molecular weight excluding hydrogens is 619 g/mol. The molecule has 238 valence electrons. The summed E-state index contributed by atoms with van der Waals surface area (Å²) in [7, 11) is 0. The molecule has 1 N–H and O–H groups in total. The van der Waals surface area contributed by atoms with Crippen LogP contribution in [-0.4, -0.2) is 14.1 Å². The zero-order chi connectivity index (χ0) is 33.5. The van der Waals surface area contributed by atoms with Crippen LogP contribution in [-0.2, 0) is 0 Å². The SMILES string of the molecule is c1ccc(-n2c3ccccc3c3ccc(-c4ccc5c(c4)c4cccc(-c6ccc7c(c6)[nH]c6ccccc67)c4n5-c4ccccc4)cc32)cc1. The van der Waals surface area contributed by atoms with Crippen LogP contribution in [0.4, 0.5) is 0 Å². The third-order valence-corrected chi connectivity index (χ3v) is 10.6. The summed E-state index contributed by atoms with van der Waals surface area (Å²) in [6, 6.07) is 66.2. The molecule has 0 saturated heterocycles. The van der Waals surface area contributed by atoms with E-state index in [0.29, 0.717) is 0 Å². The minimum Gasteiger partial charge on any atom is -0.354 e. The van der Waals surface area contributed by atoms with Gasteiger partial charge in [-0.15, -0.1) is 0 Å². The van der Waals surface area contributed by atoms with Gasteiger partial charge in [0.15, 0.2) is 0 Å². The van der Waals surface area contributed by atoms with E-state index in [1.165, 1.54) is 82.3 Å². The number of aromatic nitrogens is 3. The van der Waals surface area contributed by atoms with Crippen LogP contribution in [0.3, 0.4) is 0 Å². The van der Waals surface area contributed by atoms with Crippen LogP contribution in [0, 0.1) is 0 Å². The quantitative estimate of drug-likeness (QED) is 0.196. The molecule has 0 aliphatic carbocycles. The largest absolute Gasteiger partial charge is 0.354 e. The highest BCUT2D eigenvalue weighted by atomic mass is 15.0. The Morgan fingerprint density at radius 1 is 0.314 bits per heavy atom. The van der Waals surface area contributed by atoms with E-state index in [1.807, 2.05) is 0 Å². The highest BCUT2D eigenvalue weighted by molar-refractivity contribution is 6.16. The standard InChI is InChI=1S/C48H31N3/c1-3-12-34(13-4-1)50-45-21-10-8-17-39(45)40-26-22-32(30-47(40)50)31-24-27-46-42(28-31)41-19-11-18-36(48(41)51(46)35-14-5-2-6-15-35)33-23-25-38-37-16-7-9-20-43(37)49-44(38)29-33/h1-30,49H. The van der Waals surface area contributed by atoms with Crippen molar-refractivity contribution < 1.29 is 0 Å². The number of nitrogens with zero attached hydrogens (tertiary/aromatic N) is 2. The van der Waals surface area contributed by atoms with E-state index in [2.05, 4.69) is 196 Å². The molecule has 0 saturated carbocycles. The molecule has 0 spiro atoms. The lowest BCUT2D eigenvalue weighted by molar-refractivity contribution is 1.18. The van der Waals surface area contributed by atoms with Gasteiger partial charge in [-0.2, -0.15) is 0 Å². The number of aromatic amines is 1. The molecule has 0 radical (unpaired) electrons. The molecule has 8 aromatic carbocycles. The van der Waals surface area contributed by atoms with E-state index in [9.17, 15) is 0 Å². The Labute approximate surface area is 294 Å². The summed E-state index contributed by atoms with van der Waals surface area (Å²) in [4.78, 5) is 3.66. The van der Waals surface area contributed by atoms with E-state index in [-0.39, 0.29) is 0 Å². The maximum atomic E-state index is 3.66. The lowest BCUT2D eigenvalue weighted by Crippen LogP contribution is -1.95. The summed E-state index contributed by atoms with van der Waals surface area (Å²) in [6.45, 7) is 0. The van der Waals surface area contributed by atoms with Gasteiger partial charge in [0.2, 0.25) is 0 Å². The molecule has 3 nitrogen and oxygen atoms in total. The third-order valence-electron chi connectivity index (χ3n) is 10.6. The van der Waals surface area contributed by atoms with E-state index in [4.69, 9.17) is 0 Å². The molecular formula is C48H31N3. The Balaban J connectivity index is 1.15. The van der Waals surface area contributed by atoms with Crippen molar-refractivity contribution >= 4 is 65.4 Å². The third kappa shape index (κ3) is 4.19. The summed E-state index contributed by atoms with van der Waals surface area (Å²) in [5, 5.41) is 7.51. The maximum Gasteiger partial charge on any atom is 0.0619 e. The molecule has 11 rings (SSSR count). The number of benzene rings is 8. The zero-order valence-corrected chi connectivity index (χ0v) is 27.7. The predicted octanol–water partition coefficient (Wildman–Crippen LogP) is 12.8. The van der Waals surface area contributed by atoms with Gasteiger partial charge in [0.25, 0.3) is 0 Å². The molecule has 0 aliphatic heterocycles. The van der Waals surface area contributed by atoms with Crippen LogP contribution in [0.15, 0.2) is 182 Å². The van der Waals surface area contributed by atoms with E-state index >= 15 is 0 Å². The second-order valence-electron chi connectivity index (χ2n) is 13.5. The molecule has 3 heteroatoms. The maximum absolute atomic E-state index is 3.66. The Kier molecular flexibility index (Phi) is 5.96. The van der Waals surface area contributed by atoms with Crippen molar-refractivity contribution in [3.8, 4) is 33.6 Å². The first-order chi connectivity index (χ1) is 25.3. The van der Waals surface area contributed by atoms with Gasteiger partial charge in [-0.25, -0.2) is 0 Å². The number of nitrogens with one attached hydrogen (secondary N) is 1. The second-order valence-corrected chi connectivity index (χ2v) is 13.5. The van der Waals surface area contributed by atoms with Crippen molar-refractivity contribution in [1.29, 1.82) is 0 Å². The number of fused-ring (bicyclic) bond motifs is 9. The van der Waals surface area contributed by atoms with E-state index in [1.54, 1.807) is 0 Å². The first kappa shape index (κ1) is 28.0. The molecule has 0 atom stereocenters. The van der Waals surface area contributed by atoms with Crippen molar-refractivity contribution in [3.05, 3.63) is 182 Å². The Morgan fingerprint density at radius 2 is 0.902 bits per heavy atom. The molecule has 3 aromatic heterocycles. The first-order valence-corrected chi connectivity index (χ1v) is 17.5. The van der Waals surface area contributed by atoms with Crippen molar-refractivity contribution in [2.45, 2.75) is 0 Å². The average molecular weight is 650 g/mol. The van der Waals surface area contributed by atoms with Crippen LogP contribution in [0.5, 0.6) is 0 Å². The fourth-order valence-corrected chi connectivity index (χ4v) is 8.35. The van der Waals surface area contributed by atoms with Crippen molar-refractivity contribution in [3.63, 3.8) is 0 Å². The van der Waals surface area contributed by atoms with Crippen molar-refractivity contribution in [2.75, 3.05) is 0 Å². The lowest BCUT2D eigenvalue weighted by Gasteiger charge is -2.12. The highest BCUT2D eigenvalue weighted by Crippen LogP contribution is 2.41. The van der Waals surface area contributed by atoms with Crippen LogP contribution in [0.2, 0.25) is 0 Å². The summed E-state index contributed by atoms with van der Waals surface area (Å²) in [6.07, 6.45) is 0. The number of hydrogen-bond acceptors (Lipinski definition) is 0. The number of H-pyrrole nitrogens is 1. The minimum absolute atomic E-state index is 1.15. The predicted molar refractivity (Wildman–Crippen MR) is 215 cm³/mol. The molecule has 0 unspecified atom stereocenters. The fraction of sp³-hybridized carbons (Fsp3) is 0. The average Bonchev–Trinajstić information content (AvgIpc) is 3.85. The molecule has 0 amide bonds. The van der Waals surface area contributed by atoms with Gasteiger partial charge in [-0.05, 0) is 77.4 Å². The van der Waals surface area contributed by atoms with Gasteiger partial charge in [0.1, 0.15) is 0 Å². The van der Waals surface area contributed by atoms with Crippen LogP contribution < -0.4 is 0 Å². The lowest BCUT2D eigenvalue weighted by atomic mass is 9.99. The Hall–Kier alpha value is -6.84. The second kappa shape index (κ2) is 10.8. The molecule has 11 aromatic rings. The molecule has 3 heterocycles. The van der Waals surface area contributed by atoms with Crippen molar-refractivity contribution in [2.24, 2.45) is 0 Å². The Morgan fingerprint density at radius 3 is 1.75 bits per heavy atom. The van der Waals surface area contributed by atoms with Gasteiger partial charge < -0.3 is 14.1 Å². The monoisotopic (exact) mass is 649 g/mol. The molecule has 0 aliphatic rings. The van der Waals surface area contributed by atoms with Gasteiger partial charge >= 0.3 is 0 Å². The number of rotatable bonds is 4. The van der Waals surface area contributed by atoms with Gasteiger partial charge in [0, 0.05) is 60.3 Å². The first-order valence-electron chi connectivity index (χ1n) is 17.5. The smallest absolute Gasteiger partial charge is 0.0619 e. The summed E-state index contributed by atoms with van der Waals surface area (Å²) in [5.41, 5.74) is 14.3. The highest BCUT2D eigenvalue weighted by Gasteiger charge is 2.19.